The van der Waals surface area contributed by atoms with E-state index < -0.39 is 15.9 Å². The number of rotatable bonds is 6. The topological polar surface area (TPSA) is 83.6 Å². The summed E-state index contributed by atoms with van der Waals surface area (Å²) in [6.45, 7) is 1.68. The molecule has 1 aliphatic heterocycles. The van der Waals surface area contributed by atoms with Crippen molar-refractivity contribution in [1.29, 1.82) is 0 Å². The second-order valence-corrected chi connectivity index (χ2v) is 9.83. The lowest BCUT2D eigenvalue weighted by Gasteiger charge is -2.25. The first kappa shape index (κ1) is 20.6. The van der Waals surface area contributed by atoms with Crippen LogP contribution in [-0.2, 0) is 16.4 Å². The number of hydrogen-bond donors (Lipinski definition) is 1. The number of benzene rings is 2. The van der Waals surface area contributed by atoms with E-state index in [-0.39, 0.29) is 34.5 Å². The highest BCUT2D eigenvalue weighted by atomic mass is 32.2. The van der Waals surface area contributed by atoms with Crippen molar-refractivity contribution in [2.45, 2.75) is 50.0 Å². The smallest absolute Gasteiger partial charge is 0.268 e. The van der Waals surface area contributed by atoms with Gasteiger partial charge in [0.2, 0.25) is 0 Å². The molecule has 0 spiro atoms. The minimum absolute atomic E-state index is 0.0129. The molecule has 0 radical (unpaired) electrons. The molecule has 1 heterocycles. The Hall–Kier alpha value is -2.67. The van der Waals surface area contributed by atoms with Gasteiger partial charge in [-0.1, -0.05) is 43.2 Å². The highest BCUT2D eigenvalue weighted by Gasteiger charge is 2.40. The fourth-order valence-electron chi connectivity index (χ4n) is 4.54. The van der Waals surface area contributed by atoms with Crippen LogP contribution in [0.3, 0.4) is 0 Å². The lowest BCUT2D eigenvalue weighted by molar-refractivity contribution is 0.0873. The predicted octanol–water partition coefficient (Wildman–Crippen LogP) is 3.38. The molecule has 0 aromatic heterocycles. The van der Waals surface area contributed by atoms with Gasteiger partial charge in [-0.15, -0.1) is 0 Å². The second kappa shape index (κ2) is 8.22. The van der Waals surface area contributed by atoms with E-state index in [1.54, 1.807) is 6.92 Å². The molecule has 2 amide bonds. The van der Waals surface area contributed by atoms with Gasteiger partial charge in [-0.25, -0.2) is 12.7 Å². The molecule has 0 bridgehead atoms. The first-order chi connectivity index (χ1) is 14.4. The highest BCUT2D eigenvalue weighted by molar-refractivity contribution is 7.90. The number of nitrogens with zero attached hydrogens (tertiary/aromatic N) is 1. The summed E-state index contributed by atoms with van der Waals surface area (Å²) in [6, 6.07) is 14.4. The summed E-state index contributed by atoms with van der Waals surface area (Å²) in [7, 11) is -3.89. The first-order valence-electron chi connectivity index (χ1n) is 10.5. The number of hydrogen-bond acceptors (Lipinski definition) is 4. The van der Waals surface area contributed by atoms with Crippen LogP contribution in [0.4, 0.5) is 0 Å². The average Bonchev–Trinajstić information content (AvgIpc) is 3.34. The highest BCUT2D eigenvalue weighted by Crippen LogP contribution is 2.32. The summed E-state index contributed by atoms with van der Waals surface area (Å²) in [4.78, 5) is 25.3. The Morgan fingerprint density at radius 3 is 2.50 bits per heavy atom. The molecule has 2 aromatic rings. The van der Waals surface area contributed by atoms with Gasteiger partial charge in [0.15, 0.2) is 0 Å². The van der Waals surface area contributed by atoms with E-state index in [0.29, 0.717) is 5.92 Å². The van der Waals surface area contributed by atoms with Crippen LogP contribution in [0, 0.1) is 5.92 Å². The SMILES string of the molecule is CCN1C(=O)c2ccc(C(=O)NC(Cc3ccccc3)C3CCCC3)cc2S1(=O)=O. The van der Waals surface area contributed by atoms with Gasteiger partial charge in [0.1, 0.15) is 4.90 Å². The van der Waals surface area contributed by atoms with Gasteiger partial charge in [0, 0.05) is 18.2 Å². The van der Waals surface area contributed by atoms with E-state index in [0.717, 1.165) is 42.0 Å². The van der Waals surface area contributed by atoms with Gasteiger partial charge in [0.05, 0.1) is 5.56 Å². The van der Waals surface area contributed by atoms with E-state index in [2.05, 4.69) is 17.4 Å². The molecular weight excluding hydrogens is 400 g/mol. The van der Waals surface area contributed by atoms with E-state index in [9.17, 15) is 18.0 Å². The summed E-state index contributed by atoms with van der Waals surface area (Å²) in [5.41, 5.74) is 1.56. The zero-order valence-electron chi connectivity index (χ0n) is 17.0. The van der Waals surface area contributed by atoms with Gasteiger partial charge in [0.25, 0.3) is 21.8 Å². The number of sulfonamides is 1. The molecule has 1 fully saturated rings. The molecule has 1 saturated carbocycles. The third-order valence-electron chi connectivity index (χ3n) is 6.14. The van der Waals surface area contributed by atoms with Crippen molar-refractivity contribution in [2.75, 3.05) is 6.54 Å². The van der Waals surface area contributed by atoms with E-state index >= 15 is 0 Å². The average molecular weight is 427 g/mol. The molecule has 1 unspecified atom stereocenters. The van der Waals surface area contributed by atoms with Crippen molar-refractivity contribution < 1.29 is 18.0 Å². The standard InChI is InChI=1S/C23H26N2O4S/c1-2-25-23(27)19-13-12-18(15-21(19)30(25,28)29)22(26)24-20(17-10-6-7-11-17)14-16-8-4-3-5-9-16/h3-5,8-9,12-13,15,17,20H,2,6-7,10-11,14H2,1H3,(H,24,26). The molecule has 2 aromatic carbocycles. The van der Waals surface area contributed by atoms with Gasteiger partial charge in [-0.05, 0) is 55.9 Å². The van der Waals surface area contributed by atoms with Crippen LogP contribution in [0.25, 0.3) is 0 Å². The molecule has 4 rings (SSSR count). The lowest BCUT2D eigenvalue weighted by Crippen LogP contribution is -2.41. The van der Waals surface area contributed by atoms with Crippen molar-refractivity contribution in [3.8, 4) is 0 Å². The molecule has 1 aliphatic carbocycles. The van der Waals surface area contributed by atoms with E-state index in [1.165, 1.54) is 18.2 Å². The van der Waals surface area contributed by atoms with Crippen LogP contribution < -0.4 is 5.32 Å². The zero-order valence-corrected chi connectivity index (χ0v) is 17.8. The number of amides is 2. The summed E-state index contributed by atoms with van der Waals surface area (Å²) in [6.07, 6.45) is 5.23. The summed E-state index contributed by atoms with van der Waals surface area (Å²) < 4.78 is 26.1. The normalized spacial score (nSPS) is 19.0. The first-order valence-corrected chi connectivity index (χ1v) is 11.9. The van der Waals surface area contributed by atoms with Gasteiger partial charge in [-0.2, -0.15) is 0 Å². The Morgan fingerprint density at radius 2 is 1.83 bits per heavy atom. The van der Waals surface area contributed by atoms with Crippen LogP contribution in [-0.4, -0.2) is 37.1 Å². The maximum Gasteiger partial charge on any atom is 0.268 e. The molecule has 2 aliphatic rings. The van der Waals surface area contributed by atoms with Crippen molar-refractivity contribution in [3.63, 3.8) is 0 Å². The predicted molar refractivity (Wildman–Crippen MR) is 114 cm³/mol. The Labute approximate surface area is 177 Å². The molecule has 0 saturated heterocycles. The summed E-state index contributed by atoms with van der Waals surface area (Å²) in [5, 5.41) is 3.15. The fraction of sp³-hybridized carbons (Fsp3) is 0.391. The maximum absolute atomic E-state index is 13.0. The van der Waals surface area contributed by atoms with Crippen molar-refractivity contribution >= 4 is 21.8 Å². The maximum atomic E-state index is 13.0. The zero-order chi connectivity index (χ0) is 21.3. The van der Waals surface area contributed by atoms with Crippen molar-refractivity contribution in [2.24, 2.45) is 5.92 Å². The summed E-state index contributed by atoms with van der Waals surface area (Å²) >= 11 is 0. The molecule has 6 nitrogen and oxygen atoms in total. The Morgan fingerprint density at radius 1 is 1.13 bits per heavy atom. The van der Waals surface area contributed by atoms with Crippen LogP contribution in [0.15, 0.2) is 53.4 Å². The van der Waals surface area contributed by atoms with E-state index in [4.69, 9.17) is 0 Å². The molecule has 1 atom stereocenters. The quantitative estimate of drug-likeness (QED) is 0.768. The minimum Gasteiger partial charge on any atom is -0.349 e. The Bertz CT molecular complexity index is 1060. The van der Waals surface area contributed by atoms with Gasteiger partial charge >= 0.3 is 0 Å². The van der Waals surface area contributed by atoms with Crippen LogP contribution in [0.1, 0.15) is 58.9 Å². The van der Waals surface area contributed by atoms with Crippen molar-refractivity contribution in [1.82, 2.24) is 9.62 Å². The number of carbonyl (C=O) groups excluding carboxylic acids is 2. The number of carbonyl (C=O) groups is 2. The Balaban J connectivity index is 1.58. The largest absolute Gasteiger partial charge is 0.349 e. The van der Waals surface area contributed by atoms with Gasteiger partial charge < -0.3 is 5.32 Å². The third-order valence-corrected chi connectivity index (χ3v) is 8.04. The van der Waals surface area contributed by atoms with Crippen LogP contribution in [0.5, 0.6) is 0 Å². The van der Waals surface area contributed by atoms with E-state index in [1.807, 2.05) is 18.2 Å². The van der Waals surface area contributed by atoms with Gasteiger partial charge in [-0.3, -0.25) is 9.59 Å². The second-order valence-electron chi connectivity index (χ2n) is 8.00. The minimum atomic E-state index is -3.89. The molecular formula is C23H26N2O4S. The van der Waals surface area contributed by atoms with Crippen LogP contribution >= 0.6 is 0 Å². The number of nitrogens with one attached hydrogen (secondary N) is 1. The molecule has 7 heteroatoms. The number of fused-ring (bicyclic) bond motifs is 1. The van der Waals surface area contributed by atoms with Crippen molar-refractivity contribution in [3.05, 3.63) is 65.2 Å². The summed E-state index contributed by atoms with van der Waals surface area (Å²) in [5.74, 6) is -0.430. The lowest BCUT2D eigenvalue weighted by atomic mass is 9.92. The molecule has 1 N–H and O–H groups in total. The molecule has 30 heavy (non-hydrogen) atoms. The fourth-order valence-corrected chi connectivity index (χ4v) is 6.15. The third kappa shape index (κ3) is 3.74. The van der Waals surface area contributed by atoms with Crippen LogP contribution in [0.2, 0.25) is 0 Å². The molecule has 158 valence electrons. The Kier molecular flexibility index (Phi) is 5.64. The monoisotopic (exact) mass is 426 g/mol.